The maximum atomic E-state index is 12.7. The van der Waals surface area contributed by atoms with Crippen molar-refractivity contribution in [3.05, 3.63) is 72.3 Å². The van der Waals surface area contributed by atoms with Crippen molar-refractivity contribution in [1.29, 1.82) is 0 Å². The van der Waals surface area contributed by atoms with Crippen LogP contribution >= 0.6 is 0 Å². The van der Waals surface area contributed by atoms with E-state index in [1.807, 2.05) is 49.4 Å². The van der Waals surface area contributed by atoms with Crippen LogP contribution in [0.15, 0.2) is 66.7 Å². The van der Waals surface area contributed by atoms with Gasteiger partial charge in [0.2, 0.25) is 0 Å². The Labute approximate surface area is 146 Å². The van der Waals surface area contributed by atoms with Crippen LogP contribution in [0, 0.1) is 0 Å². The first-order chi connectivity index (χ1) is 12.2. The highest BCUT2D eigenvalue weighted by Gasteiger charge is 2.16. The van der Waals surface area contributed by atoms with Crippen LogP contribution in [0.2, 0.25) is 0 Å². The first-order valence-corrected chi connectivity index (χ1v) is 8.09. The summed E-state index contributed by atoms with van der Waals surface area (Å²) in [7, 11) is 1.68. The van der Waals surface area contributed by atoms with Gasteiger partial charge in [0.05, 0.1) is 12.3 Å². The summed E-state index contributed by atoms with van der Waals surface area (Å²) in [5.74, 6) is 1.00. The highest BCUT2D eigenvalue weighted by atomic mass is 16.5. The van der Waals surface area contributed by atoms with Gasteiger partial charge in [-0.05, 0) is 37.3 Å². The zero-order chi connectivity index (χ0) is 17.6. The molecule has 5 nitrogen and oxygen atoms in total. The molecule has 0 saturated carbocycles. The number of hydrogen-bond acceptors (Lipinski definition) is 4. The van der Waals surface area contributed by atoms with E-state index < -0.39 is 0 Å². The van der Waals surface area contributed by atoms with E-state index in [0.29, 0.717) is 23.7 Å². The molecule has 3 rings (SSSR count). The quantitative estimate of drug-likeness (QED) is 0.712. The van der Waals surface area contributed by atoms with Crippen LogP contribution in [-0.4, -0.2) is 29.8 Å². The zero-order valence-electron chi connectivity index (χ0n) is 14.2. The predicted octanol–water partition coefficient (Wildman–Crippen LogP) is 3.82. The predicted molar refractivity (Wildman–Crippen MR) is 97.8 cm³/mol. The van der Waals surface area contributed by atoms with Crippen molar-refractivity contribution in [1.82, 2.24) is 10.2 Å². The van der Waals surface area contributed by atoms with E-state index in [0.717, 1.165) is 11.3 Å². The molecule has 3 aromatic rings. The van der Waals surface area contributed by atoms with Crippen molar-refractivity contribution in [2.75, 3.05) is 18.6 Å². The lowest BCUT2D eigenvalue weighted by Gasteiger charge is -2.16. The molecular formula is C20H19N3O2. The van der Waals surface area contributed by atoms with Crippen molar-refractivity contribution in [2.24, 2.45) is 0 Å². The number of anilines is 1. The second-order valence-corrected chi connectivity index (χ2v) is 5.47. The number of nitrogens with zero attached hydrogens (tertiary/aromatic N) is 3. The van der Waals surface area contributed by atoms with E-state index in [1.54, 1.807) is 31.3 Å². The second kappa shape index (κ2) is 7.57. The summed E-state index contributed by atoms with van der Waals surface area (Å²) in [5, 5.41) is 8.41. The topological polar surface area (TPSA) is 55.3 Å². The van der Waals surface area contributed by atoms with E-state index >= 15 is 0 Å². The molecule has 1 amide bonds. The van der Waals surface area contributed by atoms with E-state index in [4.69, 9.17) is 4.74 Å². The summed E-state index contributed by atoms with van der Waals surface area (Å²) in [4.78, 5) is 14.1. The molecule has 0 aliphatic rings. The largest absolute Gasteiger partial charge is 0.494 e. The van der Waals surface area contributed by atoms with E-state index in [2.05, 4.69) is 10.2 Å². The monoisotopic (exact) mass is 333 g/mol. The van der Waals surface area contributed by atoms with Gasteiger partial charge in [-0.3, -0.25) is 9.69 Å². The molecule has 1 heterocycles. The zero-order valence-corrected chi connectivity index (χ0v) is 14.2. The Bertz CT molecular complexity index is 848. The number of hydrogen-bond donors (Lipinski definition) is 0. The minimum Gasteiger partial charge on any atom is -0.494 e. The summed E-state index contributed by atoms with van der Waals surface area (Å²) in [6.45, 7) is 2.46. The van der Waals surface area contributed by atoms with Crippen LogP contribution in [0.4, 0.5) is 5.82 Å². The van der Waals surface area contributed by atoms with Gasteiger partial charge in [-0.1, -0.05) is 36.4 Å². The Hall–Kier alpha value is -3.21. The maximum absolute atomic E-state index is 12.7. The van der Waals surface area contributed by atoms with Crippen molar-refractivity contribution in [2.45, 2.75) is 6.92 Å². The van der Waals surface area contributed by atoms with Crippen molar-refractivity contribution < 1.29 is 9.53 Å². The molecule has 1 aromatic heterocycles. The number of rotatable bonds is 5. The molecule has 5 heteroatoms. The molecule has 0 spiro atoms. The average Bonchev–Trinajstić information content (AvgIpc) is 2.68. The number of carbonyl (C=O) groups is 1. The Balaban J connectivity index is 1.79. The molecule has 0 aliphatic heterocycles. The van der Waals surface area contributed by atoms with Gasteiger partial charge in [0.25, 0.3) is 5.91 Å². The third-order valence-corrected chi connectivity index (χ3v) is 3.76. The molecule has 0 unspecified atom stereocenters. The first-order valence-electron chi connectivity index (χ1n) is 8.09. The van der Waals surface area contributed by atoms with Gasteiger partial charge in [-0.15, -0.1) is 10.2 Å². The lowest BCUT2D eigenvalue weighted by Crippen LogP contribution is -2.27. The van der Waals surface area contributed by atoms with Crippen LogP contribution in [0.3, 0.4) is 0 Å². The van der Waals surface area contributed by atoms with Gasteiger partial charge < -0.3 is 4.74 Å². The third kappa shape index (κ3) is 3.83. The minimum atomic E-state index is -0.164. The standard InChI is InChI=1S/C20H19N3O2/c1-3-25-17-11-7-10-16(14-17)20(24)23(2)19-13-12-18(21-22-19)15-8-5-4-6-9-15/h4-14H,3H2,1-2H3. The number of ether oxygens (including phenoxy) is 1. The summed E-state index contributed by atoms with van der Waals surface area (Å²) >= 11 is 0. The number of benzene rings is 2. The van der Waals surface area contributed by atoms with Gasteiger partial charge in [-0.2, -0.15) is 0 Å². The SMILES string of the molecule is CCOc1cccc(C(=O)N(C)c2ccc(-c3ccccc3)nn2)c1. The molecule has 0 bridgehead atoms. The fourth-order valence-electron chi connectivity index (χ4n) is 2.45. The minimum absolute atomic E-state index is 0.164. The lowest BCUT2D eigenvalue weighted by atomic mass is 10.1. The Morgan fingerprint density at radius 1 is 1.00 bits per heavy atom. The molecule has 0 radical (unpaired) electrons. The molecule has 0 aliphatic carbocycles. The first kappa shape index (κ1) is 16.6. The number of aromatic nitrogens is 2. The van der Waals surface area contributed by atoms with Gasteiger partial charge in [0.1, 0.15) is 5.75 Å². The van der Waals surface area contributed by atoms with E-state index in [9.17, 15) is 4.79 Å². The lowest BCUT2D eigenvalue weighted by molar-refractivity contribution is 0.0991. The summed E-state index contributed by atoms with van der Waals surface area (Å²) in [6.07, 6.45) is 0. The van der Waals surface area contributed by atoms with Crippen LogP contribution in [0.5, 0.6) is 5.75 Å². The normalized spacial score (nSPS) is 10.3. The highest BCUT2D eigenvalue weighted by Crippen LogP contribution is 2.20. The van der Waals surface area contributed by atoms with Crippen LogP contribution in [0.25, 0.3) is 11.3 Å². The number of carbonyl (C=O) groups excluding carboxylic acids is 1. The highest BCUT2D eigenvalue weighted by molar-refractivity contribution is 6.05. The molecular weight excluding hydrogens is 314 g/mol. The van der Waals surface area contributed by atoms with Gasteiger partial charge in [0, 0.05) is 18.2 Å². The van der Waals surface area contributed by atoms with E-state index in [1.165, 1.54) is 4.90 Å². The average molecular weight is 333 g/mol. The second-order valence-electron chi connectivity index (χ2n) is 5.47. The molecule has 2 aromatic carbocycles. The summed E-state index contributed by atoms with van der Waals surface area (Å²) < 4.78 is 5.45. The molecule has 0 fully saturated rings. The third-order valence-electron chi connectivity index (χ3n) is 3.76. The fourth-order valence-corrected chi connectivity index (χ4v) is 2.45. The molecule has 126 valence electrons. The van der Waals surface area contributed by atoms with Gasteiger partial charge in [0.15, 0.2) is 5.82 Å². The Morgan fingerprint density at radius 3 is 2.48 bits per heavy atom. The van der Waals surface area contributed by atoms with Gasteiger partial charge in [-0.25, -0.2) is 0 Å². The maximum Gasteiger partial charge on any atom is 0.259 e. The van der Waals surface area contributed by atoms with Crippen LogP contribution in [-0.2, 0) is 0 Å². The summed E-state index contributed by atoms with van der Waals surface area (Å²) in [5.41, 5.74) is 2.30. The number of amides is 1. The fraction of sp³-hybridized carbons (Fsp3) is 0.150. The van der Waals surface area contributed by atoms with Crippen LogP contribution < -0.4 is 9.64 Å². The molecule has 0 N–H and O–H groups in total. The Kier molecular flexibility index (Phi) is 5.04. The molecule has 0 saturated heterocycles. The molecule has 25 heavy (non-hydrogen) atoms. The summed E-state index contributed by atoms with van der Waals surface area (Å²) in [6, 6.07) is 20.6. The van der Waals surface area contributed by atoms with Crippen molar-refractivity contribution in [3.8, 4) is 17.0 Å². The van der Waals surface area contributed by atoms with Crippen molar-refractivity contribution in [3.63, 3.8) is 0 Å². The van der Waals surface area contributed by atoms with E-state index in [-0.39, 0.29) is 5.91 Å². The molecule has 0 atom stereocenters. The van der Waals surface area contributed by atoms with Gasteiger partial charge >= 0.3 is 0 Å². The Morgan fingerprint density at radius 2 is 1.80 bits per heavy atom. The smallest absolute Gasteiger partial charge is 0.259 e. The van der Waals surface area contributed by atoms with Crippen LogP contribution in [0.1, 0.15) is 17.3 Å². The van der Waals surface area contributed by atoms with Crippen molar-refractivity contribution >= 4 is 11.7 Å².